The van der Waals surface area contributed by atoms with E-state index in [4.69, 9.17) is 6.57 Å². The van der Waals surface area contributed by atoms with Gasteiger partial charge in [-0.05, 0) is 25.5 Å². The molecule has 4 heteroatoms. The van der Waals surface area contributed by atoms with Crippen LogP contribution in [0.4, 0.5) is 0 Å². The maximum atomic E-state index is 12.3. The van der Waals surface area contributed by atoms with Crippen molar-refractivity contribution in [2.75, 3.05) is 0 Å². The van der Waals surface area contributed by atoms with Crippen molar-refractivity contribution in [3.8, 4) is 0 Å². The number of nitrogens with zero attached hydrogens (tertiary/aromatic N) is 1. The van der Waals surface area contributed by atoms with Gasteiger partial charge in [0.2, 0.25) is 0 Å². The Kier molecular flexibility index (Phi) is 2.51. The molecule has 0 spiro atoms. The van der Waals surface area contributed by atoms with Gasteiger partial charge in [-0.2, -0.15) is 0 Å². The summed E-state index contributed by atoms with van der Waals surface area (Å²) in [5.74, 6) is 0. The lowest BCUT2D eigenvalue weighted by molar-refractivity contribution is 0.395. The van der Waals surface area contributed by atoms with Crippen molar-refractivity contribution in [1.29, 1.82) is 0 Å². The standard InChI is InChI=1S/C12H13NO2S/c1-10-4-6-11(7-5-10)16(14,15)12(13-2)8-3-9-12/h4-7H,3,8-9H2,1H3. The highest BCUT2D eigenvalue weighted by molar-refractivity contribution is 7.93. The van der Waals surface area contributed by atoms with Crippen LogP contribution < -0.4 is 0 Å². The first-order chi connectivity index (χ1) is 7.52. The zero-order chi connectivity index (χ0) is 11.8. The number of hydrogen-bond acceptors (Lipinski definition) is 2. The van der Waals surface area contributed by atoms with Crippen LogP contribution in [0.1, 0.15) is 24.8 Å². The lowest BCUT2D eigenvalue weighted by Gasteiger charge is -2.29. The van der Waals surface area contributed by atoms with Crippen LogP contribution in [-0.4, -0.2) is 13.3 Å². The van der Waals surface area contributed by atoms with E-state index >= 15 is 0 Å². The van der Waals surface area contributed by atoms with E-state index in [9.17, 15) is 8.42 Å². The Morgan fingerprint density at radius 1 is 1.25 bits per heavy atom. The van der Waals surface area contributed by atoms with Crippen molar-refractivity contribution in [1.82, 2.24) is 0 Å². The summed E-state index contributed by atoms with van der Waals surface area (Å²) >= 11 is 0. The third-order valence-electron chi connectivity index (χ3n) is 3.17. The first kappa shape index (κ1) is 11.2. The van der Waals surface area contributed by atoms with Gasteiger partial charge >= 0.3 is 4.87 Å². The molecule has 1 aromatic carbocycles. The van der Waals surface area contributed by atoms with Crippen molar-refractivity contribution < 1.29 is 8.42 Å². The second kappa shape index (κ2) is 3.60. The lowest BCUT2D eigenvalue weighted by Crippen LogP contribution is -2.41. The van der Waals surface area contributed by atoms with Gasteiger partial charge in [0.15, 0.2) is 0 Å². The molecule has 0 aliphatic heterocycles. The lowest BCUT2D eigenvalue weighted by atomic mass is 9.93. The summed E-state index contributed by atoms with van der Waals surface area (Å²) in [7, 11) is -3.48. The molecular formula is C12H13NO2S. The van der Waals surface area contributed by atoms with Crippen LogP contribution in [0.3, 0.4) is 0 Å². The Morgan fingerprint density at radius 2 is 1.81 bits per heavy atom. The molecule has 1 aromatic rings. The zero-order valence-electron chi connectivity index (χ0n) is 9.10. The molecule has 2 rings (SSSR count). The molecule has 0 N–H and O–H groups in total. The Hall–Kier alpha value is -1.34. The fourth-order valence-corrected chi connectivity index (χ4v) is 3.74. The summed E-state index contributed by atoms with van der Waals surface area (Å²) in [6.45, 7) is 9.01. The van der Waals surface area contributed by atoms with E-state index in [0.29, 0.717) is 12.8 Å². The maximum Gasteiger partial charge on any atom is 0.333 e. The predicted molar refractivity (Wildman–Crippen MR) is 61.5 cm³/mol. The van der Waals surface area contributed by atoms with Gasteiger partial charge in [0, 0.05) is 12.8 Å². The van der Waals surface area contributed by atoms with E-state index in [1.807, 2.05) is 6.92 Å². The molecule has 1 aliphatic carbocycles. The average Bonchev–Trinajstić information content (AvgIpc) is 2.17. The molecule has 0 radical (unpaired) electrons. The van der Waals surface area contributed by atoms with Crippen LogP contribution in [0.2, 0.25) is 0 Å². The van der Waals surface area contributed by atoms with Crippen molar-refractivity contribution in [3.63, 3.8) is 0 Å². The summed E-state index contributed by atoms with van der Waals surface area (Å²) in [5.41, 5.74) is 1.02. The third kappa shape index (κ3) is 1.43. The number of sulfone groups is 1. The molecule has 1 fully saturated rings. The monoisotopic (exact) mass is 235 g/mol. The van der Waals surface area contributed by atoms with Gasteiger partial charge in [0.05, 0.1) is 4.90 Å². The van der Waals surface area contributed by atoms with Crippen molar-refractivity contribution in [2.24, 2.45) is 0 Å². The van der Waals surface area contributed by atoms with Crippen molar-refractivity contribution in [3.05, 3.63) is 41.2 Å². The van der Waals surface area contributed by atoms with Crippen molar-refractivity contribution in [2.45, 2.75) is 36.0 Å². The van der Waals surface area contributed by atoms with E-state index in [0.717, 1.165) is 12.0 Å². The second-order valence-corrected chi connectivity index (χ2v) is 6.47. The van der Waals surface area contributed by atoms with Gasteiger partial charge in [-0.25, -0.2) is 15.0 Å². The Labute approximate surface area is 95.8 Å². The highest BCUT2D eigenvalue weighted by Gasteiger charge is 2.56. The molecule has 1 saturated carbocycles. The first-order valence-electron chi connectivity index (χ1n) is 5.22. The summed E-state index contributed by atoms with van der Waals surface area (Å²) in [6, 6.07) is 6.72. The molecule has 0 saturated heterocycles. The van der Waals surface area contributed by atoms with Crippen LogP contribution in [0, 0.1) is 13.5 Å². The van der Waals surface area contributed by atoms with Gasteiger partial charge in [0.25, 0.3) is 9.84 Å². The van der Waals surface area contributed by atoms with Gasteiger partial charge in [0.1, 0.15) is 0 Å². The van der Waals surface area contributed by atoms with E-state index < -0.39 is 14.7 Å². The van der Waals surface area contributed by atoms with Crippen LogP contribution in [0.5, 0.6) is 0 Å². The first-order valence-corrected chi connectivity index (χ1v) is 6.70. The van der Waals surface area contributed by atoms with Crippen molar-refractivity contribution >= 4 is 9.84 Å². The molecule has 0 bridgehead atoms. The third-order valence-corrected chi connectivity index (χ3v) is 5.56. The van der Waals surface area contributed by atoms with Crippen LogP contribution in [-0.2, 0) is 9.84 Å². The van der Waals surface area contributed by atoms with E-state index in [-0.39, 0.29) is 4.90 Å². The molecule has 16 heavy (non-hydrogen) atoms. The van der Waals surface area contributed by atoms with Gasteiger partial charge in [-0.15, -0.1) is 0 Å². The molecule has 1 aliphatic rings. The number of rotatable bonds is 2. The zero-order valence-corrected chi connectivity index (χ0v) is 9.92. The number of aryl methyl sites for hydroxylation is 1. The maximum absolute atomic E-state index is 12.3. The smallest absolute Gasteiger partial charge is 0.293 e. The minimum Gasteiger partial charge on any atom is -0.293 e. The van der Waals surface area contributed by atoms with E-state index in [2.05, 4.69) is 4.85 Å². The molecule has 0 atom stereocenters. The fourth-order valence-electron chi connectivity index (χ4n) is 1.86. The highest BCUT2D eigenvalue weighted by Crippen LogP contribution is 2.43. The normalized spacial score (nSPS) is 18.5. The quantitative estimate of drug-likeness (QED) is 0.739. The second-order valence-electron chi connectivity index (χ2n) is 4.23. The molecule has 0 unspecified atom stereocenters. The van der Waals surface area contributed by atoms with Crippen LogP contribution in [0.15, 0.2) is 29.2 Å². The summed E-state index contributed by atoms with van der Waals surface area (Å²) in [5, 5.41) is 0. The SMILES string of the molecule is [C-]#[N+]C1(S(=O)(=O)c2ccc(C)cc2)CCC1. The fraction of sp³-hybridized carbons (Fsp3) is 0.417. The van der Waals surface area contributed by atoms with Gasteiger partial charge < -0.3 is 0 Å². The Morgan fingerprint density at radius 3 is 2.19 bits per heavy atom. The van der Waals surface area contributed by atoms with E-state index in [1.54, 1.807) is 24.3 Å². The van der Waals surface area contributed by atoms with Crippen LogP contribution >= 0.6 is 0 Å². The number of benzene rings is 1. The molecular weight excluding hydrogens is 222 g/mol. The molecule has 0 amide bonds. The molecule has 0 aromatic heterocycles. The Bertz CT molecular complexity index is 533. The van der Waals surface area contributed by atoms with Crippen LogP contribution in [0.25, 0.3) is 4.85 Å². The molecule has 3 nitrogen and oxygen atoms in total. The number of hydrogen-bond donors (Lipinski definition) is 0. The summed E-state index contributed by atoms with van der Waals surface area (Å²) in [4.78, 5) is 2.45. The summed E-state index contributed by atoms with van der Waals surface area (Å²) < 4.78 is 24.5. The largest absolute Gasteiger partial charge is 0.333 e. The highest BCUT2D eigenvalue weighted by atomic mass is 32.2. The molecule has 84 valence electrons. The van der Waals surface area contributed by atoms with Gasteiger partial charge in [-0.3, -0.25) is 4.85 Å². The predicted octanol–water partition coefficient (Wildman–Crippen LogP) is 2.57. The minimum atomic E-state index is -3.48. The topological polar surface area (TPSA) is 38.5 Å². The van der Waals surface area contributed by atoms with Gasteiger partial charge in [-0.1, -0.05) is 17.7 Å². The molecule has 0 heterocycles. The summed E-state index contributed by atoms with van der Waals surface area (Å²) in [6.07, 6.45) is 1.76. The average molecular weight is 235 g/mol. The minimum absolute atomic E-state index is 0.272. The van der Waals surface area contributed by atoms with E-state index in [1.165, 1.54) is 0 Å². The Balaban J connectivity index is 2.48.